The molecule has 1 N–H and O–H groups in total. The van der Waals surface area contributed by atoms with Crippen molar-refractivity contribution in [3.63, 3.8) is 0 Å². The number of anilines is 1. The monoisotopic (exact) mass is 401 g/mol. The Morgan fingerprint density at radius 1 is 1.10 bits per heavy atom. The van der Waals surface area contributed by atoms with Gasteiger partial charge in [-0.15, -0.1) is 0 Å². The van der Waals surface area contributed by atoms with Crippen LogP contribution in [-0.4, -0.2) is 68.2 Å². The van der Waals surface area contributed by atoms with Crippen molar-refractivity contribution in [3.05, 3.63) is 54.3 Å². The molecule has 156 valence electrons. The number of rotatable bonds is 8. The molecule has 0 bridgehead atoms. The molecule has 1 aliphatic heterocycles. The number of hydrogen-bond donors (Lipinski definition) is 1. The molecule has 0 aliphatic carbocycles. The van der Waals surface area contributed by atoms with Crippen LogP contribution in [0, 0.1) is 5.82 Å². The van der Waals surface area contributed by atoms with Gasteiger partial charge >= 0.3 is 0 Å². The Hall–Kier alpha value is -2.64. The van der Waals surface area contributed by atoms with Gasteiger partial charge in [0, 0.05) is 38.4 Å². The van der Waals surface area contributed by atoms with Crippen LogP contribution in [0.2, 0.25) is 0 Å². The fourth-order valence-corrected chi connectivity index (χ4v) is 3.32. The highest BCUT2D eigenvalue weighted by molar-refractivity contribution is 5.94. The SMILES string of the molecule is COc1ccc(OCCN2CCN([C@H](C)C(=O)Nc3cccc(F)c3)CC2)cc1. The number of benzene rings is 2. The Labute approximate surface area is 171 Å². The van der Waals surface area contributed by atoms with Crippen LogP contribution in [0.3, 0.4) is 0 Å². The summed E-state index contributed by atoms with van der Waals surface area (Å²) < 4.78 is 24.2. The number of nitrogens with zero attached hydrogens (tertiary/aromatic N) is 2. The molecule has 1 atom stereocenters. The van der Waals surface area contributed by atoms with Crippen LogP contribution >= 0.6 is 0 Å². The molecule has 3 rings (SSSR count). The van der Waals surface area contributed by atoms with Gasteiger partial charge in [0.25, 0.3) is 0 Å². The zero-order valence-corrected chi connectivity index (χ0v) is 16.9. The Morgan fingerprint density at radius 3 is 2.45 bits per heavy atom. The number of halogens is 1. The number of hydrogen-bond acceptors (Lipinski definition) is 5. The molecule has 2 aromatic rings. The van der Waals surface area contributed by atoms with Gasteiger partial charge in [-0.25, -0.2) is 4.39 Å². The van der Waals surface area contributed by atoms with Gasteiger partial charge < -0.3 is 14.8 Å². The molecule has 29 heavy (non-hydrogen) atoms. The third-order valence-electron chi connectivity index (χ3n) is 5.16. The lowest BCUT2D eigenvalue weighted by Crippen LogP contribution is -2.53. The van der Waals surface area contributed by atoms with Gasteiger partial charge in [-0.2, -0.15) is 0 Å². The first-order chi connectivity index (χ1) is 14.0. The van der Waals surface area contributed by atoms with E-state index in [0.717, 1.165) is 44.2 Å². The second-order valence-electron chi connectivity index (χ2n) is 7.08. The van der Waals surface area contributed by atoms with E-state index < -0.39 is 0 Å². The number of nitrogens with one attached hydrogen (secondary N) is 1. The lowest BCUT2D eigenvalue weighted by molar-refractivity contribution is -0.121. The Balaban J connectivity index is 1.38. The van der Waals surface area contributed by atoms with Gasteiger partial charge in [-0.3, -0.25) is 14.6 Å². The van der Waals surface area contributed by atoms with Gasteiger partial charge in [0.05, 0.1) is 13.2 Å². The maximum atomic E-state index is 13.3. The molecule has 6 nitrogen and oxygen atoms in total. The molecule has 0 unspecified atom stereocenters. The highest BCUT2D eigenvalue weighted by atomic mass is 19.1. The van der Waals surface area contributed by atoms with Crippen molar-refractivity contribution in [2.75, 3.05) is 51.8 Å². The predicted octanol–water partition coefficient (Wildman–Crippen LogP) is 2.86. The van der Waals surface area contributed by atoms with Gasteiger partial charge in [0.1, 0.15) is 23.9 Å². The molecule has 7 heteroatoms. The van der Waals surface area contributed by atoms with Crippen molar-refractivity contribution in [2.24, 2.45) is 0 Å². The fraction of sp³-hybridized carbons (Fsp3) is 0.409. The maximum Gasteiger partial charge on any atom is 0.241 e. The normalized spacial score (nSPS) is 16.2. The minimum atomic E-state index is -0.360. The van der Waals surface area contributed by atoms with Gasteiger partial charge in [-0.05, 0) is 49.4 Å². The van der Waals surface area contributed by atoms with Crippen molar-refractivity contribution in [1.82, 2.24) is 9.80 Å². The minimum Gasteiger partial charge on any atom is -0.497 e. The summed E-state index contributed by atoms with van der Waals surface area (Å²) in [6.45, 7) is 6.70. The second-order valence-corrected chi connectivity index (χ2v) is 7.08. The van der Waals surface area contributed by atoms with Gasteiger partial charge in [0.2, 0.25) is 5.91 Å². The first-order valence-electron chi connectivity index (χ1n) is 9.85. The molecule has 0 saturated carbocycles. The van der Waals surface area contributed by atoms with Gasteiger partial charge in [-0.1, -0.05) is 6.07 Å². The zero-order valence-electron chi connectivity index (χ0n) is 16.9. The van der Waals surface area contributed by atoms with Crippen LogP contribution in [0.25, 0.3) is 0 Å². The van der Waals surface area contributed by atoms with Crippen LogP contribution in [0.1, 0.15) is 6.92 Å². The van der Waals surface area contributed by atoms with E-state index in [4.69, 9.17) is 9.47 Å². The number of methoxy groups -OCH3 is 1. The van der Waals surface area contributed by atoms with Crippen molar-refractivity contribution >= 4 is 11.6 Å². The van der Waals surface area contributed by atoms with E-state index in [0.29, 0.717) is 12.3 Å². The molecular weight excluding hydrogens is 373 g/mol. The summed E-state index contributed by atoms with van der Waals surface area (Å²) in [5.74, 6) is 1.16. The van der Waals surface area contributed by atoms with Crippen LogP contribution < -0.4 is 14.8 Å². The van der Waals surface area contributed by atoms with Crippen LogP contribution in [0.4, 0.5) is 10.1 Å². The maximum absolute atomic E-state index is 13.3. The lowest BCUT2D eigenvalue weighted by atomic mass is 10.2. The molecular formula is C22H28FN3O3. The number of carbonyl (C=O) groups is 1. The zero-order chi connectivity index (χ0) is 20.6. The predicted molar refractivity (Wildman–Crippen MR) is 111 cm³/mol. The standard InChI is InChI=1S/C22H28FN3O3/c1-17(22(27)24-19-5-3-4-18(23)16-19)26-12-10-25(11-13-26)14-15-29-21-8-6-20(28-2)7-9-21/h3-9,16-17H,10-15H2,1-2H3,(H,24,27)/t17-/m1/s1. The van der Waals surface area contributed by atoms with E-state index in [2.05, 4.69) is 15.1 Å². The molecule has 0 aromatic heterocycles. The number of amides is 1. The van der Waals surface area contributed by atoms with Crippen molar-refractivity contribution in [1.29, 1.82) is 0 Å². The van der Waals surface area contributed by atoms with Crippen LogP contribution in [0.5, 0.6) is 11.5 Å². The molecule has 1 saturated heterocycles. The van der Waals surface area contributed by atoms with E-state index in [1.807, 2.05) is 31.2 Å². The third kappa shape index (κ3) is 6.17. The number of ether oxygens (including phenoxy) is 2. The summed E-state index contributed by atoms with van der Waals surface area (Å²) >= 11 is 0. The molecule has 1 fully saturated rings. The fourth-order valence-electron chi connectivity index (χ4n) is 3.32. The second kappa shape index (κ2) is 10.2. The topological polar surface area (TPSA) is 54.0 Å². The highest BCUT2D eigenvalue weighted by Gasteiger charge is 2.25. The summed E-state index contributed by atoms with van der Waals surface area (Å²) in [4.78, 5) is 16.9. The molecule has 1 amide bonds. The van der Waals surface area contributed by atoms with Crippen LogP contribution in [-0.2, 0) is 4.79 Å². The minimum absolute atomic E-state index is 0.119. The average molecular weight is 401 g/mol. The molecule has 0 spiro atoms. The van der Waals surface area contributed by atoms with Crippen LogP contribution in [0.15, 0.2) is 48.5 Å². The lowest BCUT2D eigenvalue weighted by Gasteiger charge is -2.37. The van der Waals surface area contributed by atoms with E-state index in [1.54, 1.807) is 19.2 Å². The van der Waals surface area contributed by atoms with E-state index in [-0.39, 0.29) is 17.8 Å². The average Bonchev–Trinajstić information content (AvgIpc) is 2.74. The van der Waals surface area contributed by atoms with Crippen molar-refractivity contribution in [3.8, 4) is 11.5 Å². The number of carbonyl (C=O) groups excluding carboxylic acids is 1. The van der Waals surface area contributed by atoms with E-state index >= 15 is 0 Å². The largest absolute Gasteiger partial charge is 0.497 e. The summed E-state index contributed by atoms with van der Waals surface area (Å²) in [7, 11) is 1.64. The van der Waals surface area contributed by atoms with Gasteiger partial charge in [0.15, 0.2) is 0 Å². The Bertz CT molecular complexity index is 792. The summed E-state index contributed by atoms with van der Waals surface area (Å²) in [6.07, 6.45) is 0. The summed E-state index contributed by atoms with van der Waals surface area (Å²) in [5.41, 5.74) is 0.483. The molecule has 1 aliphatic rings. The molecule has 1 heterocycles. The van der Waals surface area contributed by atoms with Crippen molar-refractivity contribution in [2.45, 2.75) is 13.0 Å². The smallest absolute Gasteiger partial charge is 0.241 e. The van der Waals surface area contributed by atoms with Crippen molar-refractivity contribution < 1.29 is 18.7 Å². The summed E-state index contributed by atoms with van der Waals surface area (Å²) in [6, 6.07) is 13.2. The Kier molecular flexibility index (Phi) is 7.43. The summed E-state index contributed by atoms with van der Waals surface area (Å²) in [5, 5.41) is 2.79. The molecule has 0 radical (unpaired) electrons. The number of piperazine rings is 1. The van der Waals surface area contributed by atoms with E-state index in [1.165, 1.54) is 12.1 Å². The molecule has 2 aromatic carbocycles. The first-order valence-corrected chi connectivity index (χ1v) is 9.85. The Morgan fingerprint density at radius 2 is 1.79 bits per heavy atom. The highest BCUT2D eigenvalue weighted by Crippen LogP contribution is 2.17. The van der Waals surface area contributed by atoms with E-state index in [9.17, 15) is 9.18 Å². The quantitative estimate of drug-likeness (QED) is 0.737. The first kappa shape index (κ1) is 21.1. The third-order valence-corrected chi connectivity index (χ3v) is 5.16.